The van der Waals surface area contributed by atoms with Gasteiger partial charge in [-0.1, -0.05) is 6.92 Å². The van der Waals surface area contributed by atoms with E-state index >= 15 is 0 Å². The Labute approximate surface area is 73.8 Å². The maximum Gasteiger partial charge on any atom is 0.372 e. The minimum atomic E-state index is -2.35. The van der Waals surface area contributed by atoms with Gasteiger partial charge in [-0.05, 0) is 6.92 Å². The molecule has 13 heavy (non-hydrogen) atoms. The summed E-state index contributed by atoms with van der Waals surface area (Å²) in [4.78, 5) is 31.3. The Morgan fingerprint density at radius 3 is 1.85 bits per heavy atom. The zero-order chi connectivity index (χ0) is 10.8. The van der Waals surface area contributed by atoms with Crippen LogP contribution in [0.3, 0.4) is 0 Å². The number of carbonyl (C=O) groups excluding carboxylic acids is 1. The second kappa shape index (κ2) is 3.53. The fourth-order valence-corrected chi connectivity index (χ4v) is 0.626. The van der Waals surface area contributed by atoms with Crippen molar-refractivity contribution in [3.63, 3.8) is 0 Å². The summed E-state index contributed by atoms with van der Waals surface area (Å²) in [5.41, 5.74) is -2.35. The second-order valence-corrected chi connectivity index (χ2v) is 2.84. The number of ketones is 1. The molecule has 0 saturated carbocycles. The molecule has 0 rings (SSSR count). The molecule has 74 valence electrons. The molecule has 6 heteroatoms. The van der Waals surface area contributed by atoms with Crippen LogP contribution in [0, 0.1) is 5.92 Å². The summed E-state index contributed by atoms with van der Waals surface area (Å²) >= 11 is 0. The number of carboxylic acids is 2. The number of carboxylic acid groups (broad SMARTS) is 2. The van der Waals surface area contributed by atoms with Gasteiger partial charge in [0.2, 0.25) is 5.78 Å². The first-order chi connectivity index (χ1) is 5.71. The van der Waals surface area contributed by atoms with Crippen molar-refractivity contribution in [3.05, 3.63) is 0 Å². The molecule has 0 saturated heterocycles. The van der Waals surface area contributed by atoms with Crippen molar-refractivity contribution in [2.45, 2.75) is 19.4 Å². The molecule has 6 nitrogen and oxygen atoms in total. The lowest BCUT2D eigenvalue weighted by Crippen LogP contribution is -2.46. The van der Waals surface area contributed by atoms with E-state index in [1.54, 1.807) is 0 Å². The Morgan fingerprint density at radius 1 is 1.23 bits per heavy atom. The molecule has 0 aliphatic heterocycles. The normalized spacial score (nSPS) is 17.2. The molecule has 0 fully saturated rings. The van der Waals surface area contributed by atoms with E-state index in [1.807, 2.05) is 0 Å². The molecule has 0 heterocycles. The molecular weight excluding hydrogens is 180 g/mol. The molecule has 0 aliphatic rings. The average Bonchev–Trinajstić information content (AvgIpc) is 2.01. The van der Waals surface area contributed by atoms with Gasteiger partial charge in [0, 0.05) is 0 Å². The smallest absolute Gasteiger partial charge is 0.372 e. The summed E-state index contributed by atoms with van der Waals surface area (Å²) in [6.45, 7) is 1.92. The van der Waals surface area contributed by atoms with Crippen LogP contribution >= 0.6 is 0 Å². The Bertz CT molecular complexity index is 254. The third-order valence-corrected chi connectivity index (χ3v) is 1.88. The topological polar surface area (TPSA) is 112 Å². The molecule has 0 spiro atoms. The quantitative estimate of drug-likeness (QED) is 0.496. The highest BCUT2D eigenvalue weighted by Gasteiger charge is 2.42. The highest BCUT2D eigenvalue weighted by Crippen LogP contribution is 2.17. The van der Waals surface area contributed by atoms with Crippen molar-refractivity contribution in [3.8, 4) is 0 Å². The zero-order valence-electron chi connectivity index (χ0n) is 7.14. The van der Waals surface area contributed by atoms with Gasteiger partial charge >= 0.3 is 11.9 Å². The number of hydrogen-bond acceptors (Lipinski definition) is 4. The number of aliphatic hydroxyl groups is 1. The lowest BCUT2D eigenvalue weighted by molar-refractivity contribution is -0.168. The van der Waals surface area contributed by atoms with E-state index in [0.29, 0.717) is 0 Å². The SMILES string of the molecule is CC(C(=O)C(=O)O)C(C)(O)C(=O)O. The van der Waals surface area contributed by atoms with Crippen molar-refractivity contribution in [1.82, 2.24) is 0 Å². The maximum atomic E-state index is 10.8. The van der Waals surface area contributed by atoms with Crippen LogP contribution in [0.2, 0.25) is 0 Å². The molecule has 0 aromatic rings. The van der Waals surface area contributed by atoms with E-state index in [0.717, 1.165) is 13.8 Å². The van der Waals surface area contributed by atoms with Gasteiger partial charge in [0.05, 0.1) is 5.92 Å². The first kappa shape index (κ1) is 11.6. The molecule has 0 bridgehead atoms. The third kappa shape index (κ3) is 2.25. The summed E-state index contributed by atoms with van der Waals surface area (Å²) in [6, 6.07) is 0. The van der Waals surface area contributed by atoms with Crippen molar-refractivity contribution >= 4 is 17.7 Å². The van der Waals surface area contributed by atoms with Crippen LogP contribution in [-0.4, -0.2) is 38.6 Å². The Kier molecular flexibility index (Phi) is 3.14. The van der Waals surface area contributed by atoms with Gasteiger partial charge in [0.15, 0.2) is 5.60 Å². The van der Waals surface area contributed by atoms with E-state index in [4.69, 9.17) is 10.2 Å². The molecule has 0 radical (unpaired) electrons. The molecular formula is C7H10O6. The molecule has 3 N–H and O–H groups in total. The monoisotopic (exact) mass is 190 g/mol. The first-order valence-electron chi connectivity index (χ1n) is 3.44. The van der Waals surface area contributed by atoms with Gasteiger partial charge in [0.1, 0.15) is 0 Å². The van der Waals surface area contributed by atoms with Crippen LogP contribution in [0.4, 0.5) is 0 Å². The van der Waals surface area contributed by atoms with Crippen LogP contribution in [0.1, 0.15) is 13.8 Å². The predicted molar refractivity (Wildman–Crippen MR) is 40.1 cm³/mol. The van der Waals surface area contributed by atoms with Crippen LogP contribution in [0.5, 0.6) is 0 Å². The average molecular weight is 190 g/mol. The van der Waals surface area contributed by atoms with E-state index < -0.39 is 29.2 Å². The van der Waals surface area contributed by atoms with Crippen LogP contribution in [-0.2, 0) is 14.4 Å². The lowest BCUT2D eigenvalue weighted by Gasteiger charge is -2.22. The maximum absolute atomic E-state index is 10.8. The van der Waals surface area contributed by atoms with E-state index in [-0.39, 0.29) is 0 Å². The van der Waals surface area contributed by atoms with Crippen LogP contribution in [0.15, 0.2) is 0 Å². The fraction of sp³-hybridized carbons (Fsp3) is 0.571. The minimum absolute atomic E-state index is 0.876. The highest BCUT2D eigenvalue weighted by molar-refractivity contribution is 6.34. The van der Waals surface area contributed by atoms with Gasteiger partial charge < -0.3 is 15.3 Å². The van der Waals surface area contributed by atoms with Gasteiger partial charge in [-0.3, -0.25) is 4.79 Å². The lowest BCUT2D eigenvalue weighted by atomic mass is 9.87. The molecule has 2 unspecified atom stereocenters. The number of rotatable bonds is 4. The van der Waals surface area contributed by atoms with Gasteiger partial charge in [0.25, 0.3) is 0 Å². The minimum Gasteiger partial charge on any atom is -0.479 e. The molecule has 0 aromatic heterocycles. The Morgan fingerprint density at radius 2 is 1.62 bits per heavy atom. The first-order valence-corrected chi connectivity index (χ1v) is 3.44. The van der Waals surface area contributed by atoms with E-state index in [9.17, 15) is 19.5 Å². The number of hydrogen-bond donors (Lipinski definition) is 3. The van der Waals surface area contributed by atoms with E-state index in [1.165, 1.54) is 0 Å². The van der Waals surface area contributed by atoms with Crippen molar-refractivity contribution in [2.24, 2.45) is 5.92 Å². The number of aliphatic carboxylic acids is 2. The van der Waals surface area contributed by atoms with Crippen LogP contribution in [0.25, 0.3) is 0 Å². The molecule has 2 atom stereocenters. The Balaban J connectivity index is 4.79. The molecule has 0 aromatic carbocycles. The summed E-state index contributed by atoms with van der Waals surface area (Å²) in [5, 5.41) is 25.9. The number of carbonyl (C=O) groups is 3. The van der Waals surface area contributed by atoms with Crippen LogP contribution < -0.4 is 0 Å². The standard InChI is InChI=1S/C7H10O6/c1-3(4(8)5(9)10)7(2,13)6(11)12/h3,13H,1-2H3,(H,9,10)(H,11,12). The molecule has 0 aliphatic carbocycles. The van der Waals surface area contributed by atoms with Gasteiger partial charge in [-0.2, -0.15) is 0 Å². The fourth-order valence-electron chi connectivity index (χ4n) is 0.626. The predicted octanol–water partition coefficient (Wildman–Crippen LogP) is -0.888. The second-order valence-electron chi connectivity index (χ2n) is 2.84. The Hall–Kier alpha value is -1.43. The number of Topliss-reactive ketones (excluding diaryl/α,β-unsaturated/α-hetero) is 1. The summed E-state index contributed by atoms with van der Waals surface area (Å²) in [6.07, 6.45) is 0. The van der Waals surface area contributed by atoms with Crippen molar-refractivity contribution in [1.29, 1.82) is 0 Å². The zero-order valence-corrected chi connectivity index (χ0v) is 7.14. The summed E-state index contributed by atoms with van der Waals surface area (Å²) in [5.74, 6) is -6.20. The summed E-state index contributed by atoms with van der Waals surface area (Å²) < 4.78 is 0. The summed E-state index contributed by atoms with van der Waals surface area (Å²) in [7, 11) is 0. The van der Waals surface area contributed by atoms with E-state index in [2.05, 4.69) is 0 Å². The van der Waals surface area contributed by atoms with Crippen molar-refractivity contribution < 1.29 is 29.7 Å². The van der Waals surface area contributed by atoms with Gasteiger partial charge in [-0.15, -0.1) is 0 Å². The van der Waals surface area contributed by atoms with Crippen molar-refractivity contribution in [2.75, 3.05) is 0 Å². The highest BCUT2D eigenvalue weighted by atomic mass is 16.4. The molecule has 0 amide bonds. The largest absolute Gasteiger partial charge is 0.479 e. The third-order valence-electron chi connectivity index (χ3n) is 1.88. The van der Waals surface area contributed by atoms with Gasteiger partial charge in [-0.25, -0.2) is 9.59 Å².